The number of methoxy groups -OCH3 is 4. The first kappa shape index (κ1) is 17.7. The summed E-state index contributed by atoms with van der Waals surface area (Å²) in [6.45, 7) is 0. The van der Waals surface area contributed by atoms with Crippen LogP contribution in [0, 0.1) is 0 Å². The van der Waals surface area contributed by atoms with Gasteiger partial charge in [0.05, 0.1) is 28.4 Å². The van der Waals surface area contributed by atoms with E-state index in [1.807, 2.05) is 36.4 Å². The minimum absolute atomic E-state index is 0.746. The van der Waals surface area contributed by atoms with Crippen LogP contribution < -0.4 is 18.9 Å². The van der Waals surface area contributed by atoms with Gasteiger partial charge >= 0.3 is 0 Å². The number of hydrogen-bond donors (Lipinski definition) is 0. The van der Waals surface area contributed by atoms with Crippen LogP contribution in [0.25, 0.3) is 0 Å². The van der Waals surface area contributed by atoms with Crippen LogP contribution in [-0.4, -0.2) is 28.4 Å². The SMILES string of the molecule is COc1ccc(CC=CCc2ccc(OC)c(OC)c2)cc1OC. The molecule has 0 aliphatic heterocycles. The maximum atomic E-state index is 5.33. The highest BCUT2D eigenvalue weighted by Gasteiger charge is 2.04. The summed E-state index contributed by atoms with van der Waals surface area (Å²) in [6, 6.07) is 11.9. The predicted molar refractivity (Wildman–Crippen MR) is 95.6 cm³/mol. The number of rotatable bonds is 8. The van der Waals surface area contributed by atoms with Crippen LogP contribution in [0.1, 0.15) is 11.1 Å². The lowest BCUT2D eigenvalue weighted by atomic mass is 10.1. The average Bonchev–Trinajstić information content (AvgIpc) is 2.64. The molecule has 0 aliphatic carbocycles. The molecule has 0 bridgehead atoms. The van der Waals surface area contributed by atoms with Gasteiger partial charge in [-0.1, -0.05) is 24.3 Å². The van der Waals surface area contributed by atoms with Crippen LogP contribution in [0.5, 0.6) is 23.0 Å². The molecule has 4 nitrogen and oxygen atoms in total. The second-order valence-corrected chi connectivity index (χ2v) is 5.26. The van der Waals surface area contributed by atoms with E-state index in [2.05, 4.69) is 12.2 Å². The zero-order valence-electron chi connectivity index (χ0n) is 14.7. The Labute approximate surface area is 143 Å². The van der Waals surface area contributed by atoms with Crippen LogP contribution in [0.2, 0.25) is 0 Å². The van der Waals surface area contributed by atoms with Gasteiger partial charge in [0.1, 0.15) is 0 Å². The van der Waals surface area contributed by atoms with Gasteiger partial charge in [0.25, 0.3) is 0 Å². The van der Waals surface area contributed by atoms with Crippen LogP contribution >= 0.6 is 0 Å². The third-order valence-electron chi connectivity index (χ3n) is 3.77. The number of hydrogen-bond acceptors (Lipinski definition) is 4. The second-order valence-electron chi connectivity index (χ2n) is 5.26. The molecule has 2 aromatic carbocycles. The van der Waals surface area contributed by atoms with Crippen LogP contribution in [0.15, 0.2) is 48.6 Å². The van der Waals surface area contributed by atoms with Gasteiger partial charge in [-0.2, -0.15) is 0 Å². The largest absolute Gasteiger partial charge is 0.493 e. The molecule has 0 spiro atoms. The highest BCUT2D eigenvalue weighted by atomic mass is 16.5. The van der Waals surface area contributed by atoms with Gasteiger partial charge in [0.2, 0.25) is 0 Å². The molecule has 24 heavy (non-hydrogen) atoms. The van der Waals surface area contributed by atoms with E-state index in [1.54, 1.807) is 28.4 Å². The van der Waals surface area contributed by atoms with Crippen molar-refractivity contribution in [1.29, 1.82) is 0 Å². The van der Waals surface area contributed by atoms with Gasteiger partial charge in [0.15, 0.2) is 23.0 Å². The smallest absolute Gasteiger partial charge is 0.160 e. The van der Waals surface area contributed by atoms with Crippen LogP contribution in [0.4, 0.5) is 0 Å². The summed E-state index contributed by atoms with van der Waals surface area (Å²) in [5.41, 5.74) is 2.35. The number of ether oxygens (including phenoxy) is 4. The van der Waals surface area contributed by atoms with E-state index in [-0.39, 0.29) is 0 Å². The van der Waals surface area contributed by atoms with Gasteiger partial charge < -0.3 is 18.9 Å². The number of allylic oxidation sites excluding steroid dienone is 2. The molecule has 0 radical (unpaired) electrons. The average molecular weight is 328 g/mol. The van der Waals surface area contributed by atoms with E-state index in [0.717, 1.165) is 35.8 Å². The summed E-state index contributed by atoms with van der Waals surface area (Å²) in [6.07, 6.45) is 5.98. The molecule has 0 heterocycles. The number of benzene rings is 2. The highest BCUT2D eigenvalue weighted by Crippen LogP contribution is 2.29. The molecule has 0 saturated heterocycles. The molecule has 0 fully saturated rings. The Morgan fingerprint density at radius 3 is 1.29 bits per heavy atom. The lowest BCUT2D eigenvalue weighted by Gasteiger charge is -2.09. The fraction of sp³-hybridized carbons (Fsp3) is 0.300. The Kier molecular flexibility index (Phi) is 6.55. The van der Waals surface area contributed by atoms with E-state index < -0.39 is 0 Å². The molecule has 0 amide bonds. The molecule has 0 unspecified atom stereocenters. The molecule has 4 heteroatoms. The van der Waals surface area contributed by atoms with Gasteiger partial charge in [-0.25, -0.2) is 0 Å². The Hall–Kier alpha value is -2.62. The first-order chi connectivity index (χ1) is 11.7. The third kappa shape index (κ3) is 4.44. The second kappa shape index (κ2) is 8.87. The van der Waals surface area contributed by atoms with E-state index in [1.165, 1.54) is 11.1 Å². The van der Waals surface area contributed by atoms with E-state index >= 15 is 0 Å². The molecular formula is C20H24O4. The van der Waals surface area contributed by atoms with Crippen molar-refractivity contribution < 1.29 is 18.9 Å². The molecule has 2 aromatic rings. The van der Waals surface area contributed by atoms with Crippen LogP contribution in [-0.2, 0) is 12.8 Å². The standard InChI is InChI=1S/C20H24O4/c1-21-17-11-9-15(13-19(17)23-3)7-5-6-8-16-10-12-18(22-2)20(14-16)24-4/h5-6,9-14H,7-8H2,1-4H3. The lowest BCUT2D eigenvalue weighted by molar-refractivity contribution is 0.354. The Balaban J connectivity index is 1.97. The zero-order chi connectivity index (χ0) is 17.4. The monoisotopic (exact) mass is 328 g/mol. The lowest BCUT2D eigenvalue weighted by Crippen LogP contribution is -1.92. The maximum Gasteiger partial charge on any atom is 0.160 e. The Morgan fingerprint density at radius 1 is 0.583 bits per heavy atom. The summed E-state index contributed by atoms with van der Waals surface area (Å²) >= 11 is 0. The molecule has 0 aliphatic rings. The summed E-state index contributed by atoms with van der Waals surface area (Å²) in [7, 11) is 6.57. The van der Waals surface area contributed by atoms with E-state index in [4.69, 9.17) is 18.9 Å². The molecular weight excluding hydrogens is 304 g/mol. The third-order valence-corrected chi connectivity index (χ3v) is 3.77. The summed E-state index contributed by atoms with van der Waals surface area (Å²) in [5, 5.41) is 0. The van der Waals surface area contributed by atoms with Crippen molar-refractivity contribution >= 4 is 0 Å². The predicted octanol–water partition coefficient (Wildman–Crippen LogP) is 4.06. The maximum absolute atomic E-state index is 5.33. The van der Waals surface area contributed by atoms with Gasteiger partial charge in [-0.05, 0) is 48.2 Å². The van der Waals surface area contributed by atoms with Gasteiger partial charge in [-0.3, -0.25) is 0 Å². The van der Waals surface area contributed by atoms with Crippen molar-refractivity contribution in [3.05, 3.63) is 59.7 Å². The van der Waals surface area contributed by atoms with Crippen molar-refractivity contribution in [2.75, 3.05) is 28.4 Å². The van der Waals surface area contributed by atoms with Crippen molar-refractivity contribution in [2.24, 2.45) is 0 Å². The molecule has 0 saturated carbocycles. The molecule has 2 rings (SSSR count). The normalized spacial score (nSPS) is 10.7. The van der Waals surface area contributed by atoms with E-state index in [0.29, 0.717) is 0 Å². The zero-order valence-corrected chi connectivity index (χ0v) is 14.7. The van der Waals surface area contributed by atoms with Crippen molar-refractivity contribution in [3.63, 3.8) is 0 Å². The molecule has 0 aromatic heterocycles. The fourth-order valence-corrected chi connectivity index (χ4v) is 2.45. The van der Waals surface area contributed by atoms with E-state index in [9.17, 15) is 0 Å². The molecule has 0 atom stereocenters. The Morgan fingerprint density at radius 2 is 0.958 bits per heavy atom. The summed E-state index contributed by atoms with van der Waals surface area (Å²) in [5.74, 6) is 3.00. The summed E-state index contributed by atoms with van der Waals surface area (Å²) in [4.78, 5) is 0. The summed E-state index contributed by atoms with van der Waals surface area (Å²) < 4.78 is 21.2. The van der Waals surface area contributed by atoms with Crippen molar-refractivity contribution in [2.45, 2.75) is 12.8 Å². The fourth-order valence-electron chi connectivity index (χ4n) is 2.45. The minimum atomic E-state index is 0.746. The van der Waals surface area contributed by atoms with Gasteiger partial charge in [-0.15, -0.1) is 0 Å². The molecule has 0 N–H and O–H groups in total. The highest BCUT2D eigenvalue weighted by molar-refractivity contribution is 5.44. The first-order valence-corrected chi connectivity index (χ1v) is 7.78. The van der Waals surface area contributed by atoms with Crippen LogP contribution in [0.3, 0.4) is 0 Å². The van der Waals surface area contributed by atoms with Gasteiger partial charge in [0, 0.05) is 0 Å². The minimum Gasteiger partial charge on any atom is -0.493 e. The topological polar surface area (TPSA) is 36.9 Å². The first-order valence-electron chi connectivity index (χ1n) is 7.78. The quantitative estimate of drug-likeness (QED) is 0.685. The van der Waals surface area contributed by atoms with Crippen molar-refractivity contribution in [1.82, 2.24) is 0 Å². The van der Waals surface area contributed by atoms with Crippen molar-refractivity contribution in [3.8, 4) is 23.0 Å². The Bertz CT molecular complexity index is 633. The molecule has 128 valence electrons.